The molecule has 0 radical (unpaired) electrons. The van der Waals surface area contributed by atoms with Gasteiger partial charge in [-0.15, -0.1) is 10.2 Å². The molecule has 1 atom stereocenters. The molecule has 0 aliphatic heterocycles. The van der Waals surface area contributed by atoms with Gasteiger partial charge in [-0.2, -0.15) is 0 Å². The normalized spacial score (nSPS) is 16.3. The summed E-state index contributed by atoms with van der Waals surface area (Å²) in [6.07, 6.45) is 10.5. The first-order chi connectivity index (χ1) is 12.2. The second-order valence-corrected chi connectivity index (χ2v) is 7.45. The fourth-order valence-corrected chi connectivity index (χ4v) is 3.80. The monoisotopic (exact) mass is 368 g/mol. The summed E-state index contributed by atoms with van der Waals surface area (Å²) in [4.78, 5) is 12.0. The summed E-state index contributed by atoms with van der Waals surface area (Å²) >= 11 is 1.66. The van der Waals surface area contributed by atoms with Crippen molar-refractivity contribution in [3.8, 4) is 0 Å². The van der Waals surface area contributed by atoms with E-state index in [0.29, 0.717) is 19.2 Å². The highest BCUT2D eigenvalue weighted by molar-refractivity contribution is 7.98. The maximum atomic E-state index is 12.0. The van der Waals surface area contributed by atoms with Gasteiger partial charge in [0.2, 0.25) is 5.91 Å². The Morgan fingerprint density at radius 3 is 2.80 bits per heavy atom. The Balaban J connectivity index is 1.76. The fraction of sp³-hybridized carbons (Fsp3) is 0.833. The smallest absolute Gasteiger partial charge is 0.248 e. The summed E-state index contributed by atoms with van der Waals surface area (Å²) in [5.41, 5.74) is 0. The zero-order valence-electron chi connectivity index (χ0n) is 15.8. The van der Waals surface area contributed by atoms with E-state index in [0.717, 1.165) is 36.7 Å². The van der Waals surface area contributed by atoms with Crippen LogP contribution in [0.3, 0.4) is 0 Å². The van der Waals surface area contributed by atoms with Gasteiger partial charge in [0.25, 0.3) is 0 Å². The molecule has 1 amide bonds. The molecular formula is C18H32N4O2S. The fourth-order valence-electron chi connectivity index (χ4n) is 3.23. The van der Waals surface area contributed by atoms with Crippen LogP contribution in [0.1, 0.15) is 70.7 Å². The first kappa shape index (κ1) is 20.2. The van der Waals surface area contributed by atoms with Crippen LogP contribution in [0, 0.1) is 0 Å². The van der Waals surface area contributed by atoms with E-state index in [9.17, 15) is 4.79 Å². The first-order valence-corrected chi connectivity index (χ1v) is 10.8. The molecule has 1 N–H and O–H groups in total. The van der Waals surface area contributed by atoms with E-state index in [1.165, 1.54) is 25.7 Å². The van der Waals surface area contributed by atoms with E-state index in [2.05, 4.69) is 33.3 Å². The van der Waals surface area contributed by atoms with Gasteiger partial charge in [-0.3, -0.25) is 4.79 Å². The van der Waals surface area contributed by atoms with Gasteiger partial charge in [-0.25, -0.2) is 0 Å². The van der Waals surface area contributed by atoms with Gasteiger partial charge < -0.3 is 14.6 Å². The quantitative estimate of drug-likeness (QED) is 0.479. The van der Waals surface area contributed by atoms with Crippen LogP contribution in [0.2, 0.25) is 0 Å². The van der Waals surface area contributed by atoms with Gasteiger partial charge >= 0.3 is 0 Å². The Morgan fingerprint density at radius 1 is 1.36 bits per heavy atom. The van der Waals surface area contributed by atoms with Gasteiger partial charge in [-0.05, 0) is 38.9 Å². The van der Waals surface area contributed by atoms with Crippen molar-refractivity contribution < 1.29 is 9.53 Å². The third kappa shape index (κ3) is 5.99. The Kier molecular flexibility index (Phi) is 8.75. The number of nitrogens with one attached hydrogen (secondary N) is 1. The van der Waals surface area contributed by atoms with Crippen molar-refractivity contribution in [1.29, 1.82) is 0 Å². The van der Waals surface area contributed by atoms with Gasteiger partial charge in [0.05, 0.1) is 0 Å². The number of aromatic nitrogens is 3. The van der Waals surface area contributed by atoms with Crippen LogP contribution >= 0.6 is 11.8 Å². The molecule has 7 heteroatoms. The van der Waals surface area contributed by atoms with Gasteiger partial charge in [-0.1, -0.05) is 37.9 Å². The summed E-state index contributed by atoms with van der Waals surface area (Å²) in [7, 11) is 0. The van der Waals surface area contributed by atoms with Gasteiger partial charge in [0, 0.05) is 25.6 Å². The number of hydrogen-bond acceptors (Lipinski definition) is 5. The van der Waals surface area contributed by atoms with E-state index < -0.39 is 0 Å². The molecule has 25 heavy (non-hydrogen) atoms. The van der Waals surface area contributed by atoms with Crippen molar-refractivity contribution in [2.24, 2.45) is 0 Å². The number of hydrogen-bond donors (Lipinski definition) is 1. The summed E-state index contributed by atoms with van der Waals surface area (Å²) in [5.74, 6) is 1.02. The number of carbonyl (C=O) groups is 1. The minimum absolute atomic E-state index is 0.0295. The molecule has 1 saturated carbocycles. The van der Waals surface area contributed by atoms with Crippen LogP contribution in [-0.4, -0.2) is 46.2 Å². The predicted octanol–water partition coefficient (Wildman–Crippen LogP) is 3.37. The zero-order valence-corrected chi connectivity index (χ0v) is 16.6. The number of unbranched alkanes of at least 4 members (excludes halogenated alkanes) is 1. The second-order valence-electron chi connectivity index (χ2n) is 6.67. The van der Waals surface area contributed by atoms with Crippen molar-refractivity contribution >= 4 is 17.7 Å². The molecule has 1 aliphatic rings. The second kappa shape index (κ2) is 10.8. The lowest BCUT2D eigenvalue weighted by Crippen LogP contribution is -2.35. The van der Waals surface area contributed by atoms with Crippen molar-refractivity contribution in [1.82, 2.24) is 20.1 Å². The molecule has 1 aromatic rings. The van der Waals surface area contributed by atoms with Crippen molar-refractivity contribution in [3.05, 3.63) is 5.82 Å². The summed E-state index contributed by atoms with van der Waals surface area (Å²) in [5, 5.41) is 12.7. The summed E-state index contributed by atoms with van der Waals surface area (Å²) < 4.78 is 7.85. The lowest BCUT2D eigenvalue weighted by atomic mass is 10.2. The van der Waals surface area contributed by atoms with Crippen LogP contribution in [0.25, 0.3) is 0 Å². The number of thioether (sulfide) groups is 1. The standard InChI is InChI=1S/C18H32N4O2S/c1-4-5-13-24-14(2)17(23)19-12-8-11-16-20-21-18(25-3)22(16)15-9-6-7-10-15/h14-15H,4-13H2,1-3H3,(H,19,23). The van der Waals surface area contributed by atoms with Crippen LogP contribution < -0.4 is 5.32 Å². The molecule has 0 saturated heterocycles. The van der Waals surface area contributed by atoms with E-state index in [1.807, 2.05) is 6.92 Å². The molecule has 2 rings (SSSR count). The maximum absolute atomic E-state index is 12.0. The lowest BCUT2D eigenvalue weighted by molar-refractivity contribution is -0.131. The highest BCUT2D eigenvalue weighted by Crippen LogP contribution is 2.33. The molecule has 142 valence electrons. The number of ether oxygens (including phenoxy) is 1. The zero-order chi connectivity index (χ0) is 18.1. The largest absolute Gasteiger partial charge is 0.369 e. The molecule has 1 aliphatic carbocycles. The molecular weight excluding hydrogens is 336 g/mol. The van der Waals surface area contributed by atoms with Crippen LogP contribution in [0.4, 0.5) is 0 Å². The Bertz CT molecular complexity index is 529. The average molecular weight is 369 g/mol. The van der Waals surface area contributed by atoms with Crippen molar-refractivity contribution in [2.75, 3.05) is 19.4 Å². The molecule has 0 spiro atoms. The molecule has 0 bridgehead atoms. The average Bonchev–Trinajstić information content (AvgIpc) is 3.27. The first-order valence-electron chi connectivity index (χ1n) is 9.54. The van der Waals surface area contributed by atoms with E-state index in [-0.39, 0.29) is 12.0 Å². The predicted molar refractivity (Wildman–Crippen MR) is 101 cm³/mol. The lowest BCUT2D eigenvalue weighted by Gasteiger charge is -2.16. The number of nitrogens with zero attached hydrogens (tertiary/aromatic N) is 3. The van der Waals surface area contributed by atoms with Crippen molar-refractivity contribution in [3.63, 3.8) is 0 Å². The molecule has 1 unspecified atom stereocenters. The Hall–Kier alpha value is -1.08. The van der Waals surface area contributed by atoms with E-state index in [1.54, 1.807) is 11.8 Å². The third-order valence-corrected chi connectivity index (χ3v) is 5.36. The number of rotatable bonds is 11. The molecule has 1 fully saturated rings. The number of amides is 1. The third-order valence-electron chi connectivity index (χ3n) is 4.72. The minimum Gasteiger partial charge on any atom is -0.369 e. The van der Waals surface area contributed by atoms with Crippen LogP contribution in [0.5, 0.6) is 0 Å². The maximum Gasteiger partial charge on any atom is 0.248 e. The highest BCUT2D eigenvalue weighted by atomic mass is 32.2. The van der Waals surface area contributed by atoms with Gasteiger partial charge in [0.1, 0.15) is 11.9 Å². The van der Waals surface area contributed by atoms with Crippen molar-refractivity contribution in [2.45, 2.75) is 82.5 Å². The minimum atomic E-state index is -0.378. The SMILES string of the molecule is CCCCOC(C)C(=O)NCCCc1nnc(SC)n1C1CCCC1. The summed E-state index contributed by atoms with van der Waals surface area (Å²) in [6.45, 7) is 5.22. The van der Waals surface area contributed by atoms with E-state index >= 15 is 0 Å². The molecule has 6 nitrogen and oxygen atoms in total. The molecule has 0 aromatic carbocycles. The topological polar surface area (TPSA) is 69.0 Å². The molecule has 1 aromatic heterocycles. The van der Waals surface area contributed by atoms with Crippen LogP contribution in [0.15, 0.2) is 5.16 Å². The number of carbonyl (C=O) groups excluding carboxylic acids is 1. The summed E-state index contributed by atoms with van der Waals surface area (Å²) in [6, 6.07) is 0.550. The highest BCUT2D eigenvalue weighted by Gasteiger charge is 2.23. The molecule has 1 heterocycles. The van der Waals surface area contributed by atoms with Crippen LogP contribution in [-0.2, 0) is 16.0 Å². The Labute approximate surface area is 155 Å². The number of aryl methyl sites for hydroxylation is 1. The van der Waals surface area contributed by atoms with E-state index in [4.69, 9.17) is 4.74 Å². The van der Waals surface area contributed by atoms with Gasteiger partial charge in [0.15, 0.2) is 5.16 Å². The Morgan fingerprint density at radius 2 is 2.12 bits per heavy atom.